The van der Waals surface area contributed by atoms with Gasteiger partial charge in [0.15, 0.2) is 0 Å². The molecule has 4 nitrogen and oxygen atoms in total. The van der Waals surface area contributed by atoms with Crippen LogP contribution in [0.25, 0.3) is 0 Å². The van der Waals surface area contributed by atoms with Gasteiger partial charge in [0.1, 0.15) is 0 Å². The lowest BCUT2D eigenvalue weighted by Crippen LogP contribution is -1.54. The van der Waals surface area contributed by atoms with Crippen LogP contribution in [0, 0.1) is 0 Å². The van der Waals surface area contributed by atoms with Gasteiger partial charge in [-0.2, -0.15) is 0 Å². The third kappa shape index (κ3) is 252. The molecule has 0 atom stereocenters. The molecule has 0 radical (unpaired) electrons. The second-order valence-electron chi connectivity index (χ2n) is 0.513. The van der Waals surface area contributed by atoms with Crippen molar-refractivity contribution in [2.75, 3.05) is 0 Å². The maximum Gasteiger partial charge on any atom is 0.380 e. The molecule has 0 spiro atoms. The topological polar surface area (TPSA) is 92.5 Å². The highest BCUT2D eigenvalue weighted by Gasteiger charge is 1.97. The summed E-state index contributed by atoms with van der Waals surface area (Å²) in [4.78, 5) is 15.0. The fourth-order valence-electron chi connectivity index (χ4n) is 0. The second-order valence-corrected chi connectivity index (χ2v) is 3.10. The average molecular weight is 131 g/mol. The summed E-state index contributed by atoms with van der Waals surface area (Å²) in [5.41, 5.74) is 0. The van der Waals surface area contributed by atoms with Crippen molar-refractivity contribution in [1.82, 2.24) is 6.15 Å². The fourth-order valence-corrected chi connectivity index (χ4v) is 0. The van der Waals surface area contributed by atoms with Gasteiger partial charge in [-0.15, -0.1) is 0 Å². The lowest BCUT2D eigenvalue weighted by molar-refractivity contribution is 0.397. The molecule has 0 aromatic carbocycles. The predicted octanol–water partition coefficient (Wildman–Crippen LogP) is 0.171. The van der Waals surface area contributed by atoms with Gasteiger partial charge in [0.05, 0.1) is 0 Å². The Morgan fingerprint density at radius 3 is 1.50 bits per heavy atom. The quantitative estimate of drug-likeness (QED) is 0.278. The normalized spacial score (nSPS) is 9.83. The molecule has 0 aliphatic carbocycles. The van der Waals surface area contributed by atoms with E-state index in [0.717, 1.165) is 0 Å². The van der Waals surface area contributed by atoms with Gasteiger partial charge in [0.25, 0.3) is 0 Å². The Kier molecular flexibility index (Phi) is 4.20. The molecule has 0 amide bonds. The number of rotatable bonds is 0. The molecular weight excluding hydrogens is 125 g/mol. The van der Waals surface area contributed by atoms with Gasteiger partial charge in [-0.3, -0.25) is 0 Å². The first-order valence-electron chi connectivity index (χ1n) is 0.783. The molecule has 0 aromatic rings. The Morgan fingerprint density at radius 1 is 1.50 bits per heavy atom. The smallest absolute Gasteiger partial charge is 0.344 e. The van der Waals surface area contributed by atoms with E-state index in [2.05, 4.69) is 12.2 Å². The van der Waals surface area contributed by atoms with E-state index >= 15 is 0 Å². The van der Waals surface area contributed by atoms with Crippen molar-refractivity contribution < 1.29 is 14.4 Å². The Hall–Kier alpha value is 0.460. The zero-order valence-electron chi connectivity index (χ0n) is 2.90. The Morgan fingerprint density at radius 2 is 1.50 bits per heavy atom. The van der Waals surface area contributed by atoms with Crippen LogP contribution < -0.4 is 6.15 Å². The van der Waals surface area contributed by atoms with Gasteiger partial charge in [-0.25, -0.2) is 4.57 Å². The number of hydrogen-bond acceptors (Lipinski definition) is 2. The van der Waals surface area contributed by atoms with Crippen molar-refractivity contribution >= 4 is 19.0 Å². The van der Waals surface area contributed by atoms with Crippen LogP contribution in [-0.4, -0.2) is 9.79 Å². The first-order valence-corrected chi connectivity index (χ1v) is 3.55. The van der Waals surface area contributed by atoms with Gasteiger partial charge in [-0.1, -0.05) is 12.2 Å². The summed E-state index contributed by atoms with van der Waals surface area (Å²) in [7, 11) is 0. The molecule has 0 saturated heterocycles. The van der Waals surface area contributed by atoms with Crippen molar-refractivity contribution in [1.29, 1.82) is 0 Å². The van der Waals surface area contributed by atoms with E-state index in [1.54, 1.807) is 0 Å². The second kappa shape index (κ2) is 2.60. The van der Waals surface area contributed by atoms with E-state index in [4.69, 9.17) is 9.79 Å². The molecule has 0 aromatic heterocycles. The lowest BCUT2D eigenvalue weighted by atomic mass is 14.0. The van der Waals surface area contributed by atoms with Crippen LogP contribution in [0.15, 0.2) is 0 Å². The van der Waals surface area contributed by atoms with Crippen molar-refractivity contribution in [2.24, 2.45) is 0 Å². The predicted molar refractivity (Wildman–Crippen MR) is 26.1 cm³/mol. The van der Waals surface area contributed by atoms with Crippen LogP contribution in [0.5, 0.6) is 0 Å². The molecule has 6 heteroatoms. The number of thiol groups is 1. The van der Waals surface area contributed by atoms with Crippen molar-refractivity contribution in [3.8, 4) is 0 Å². The summed E-state index contributed by atoms with van der Waals surface area (Å²) in [6.07, 6.45) is 0. The maximum atomic E-state index is 9.19. The molecule has 0 heterocycles. The van der Waals surface area contributed by atoms with Crippen molar-refractivity contribution in [2.45, 2.75) is 0 Å². The average Bonchev–Trinajstić information content (AvgIpc) is 0.722. The Labute approximate surface area is 40.5 Å². The van der Waals surface area contributed by atoms with Gasteiger partial charge in [-0.05, 0) is 0 Å². The number of hydrogen-bond donors (Lipinski definition) is 4. The van der Waals surface area contributed by atoms with E-state index in [1.807, 2.05) is 0 Å². The van der Waals surface area contributed by atoms with E-state index in [0.29, 0.717) is 0 Å². The fraction of sp³-hybridized carbons (Fsp3) is 0. The van der Waals surface area contributed by atoms with Crippen LogP contribution >= 0.6 is 19.0 Å². The molecule has 0 unspecified atom stereocenters. The highest BCUT2D eigenvalue weighted by Crippen LogP contribution is 2.39. The standard InChI is InChI=1S/H3N.H3O3PS/c;1-4(2,3)5/h1H3;(H3,1,2,3,5). The molecule has 0 saturated carbocycles. The Balaban J connectivity index is 0. The van der Waals surface area contributed by atoms with Crippen molar-refractivity contribution in [3.05, 3.63) is 0 Å². The zero-order chi connectivity index (χ0) is 4.50. The van der Waals surface area contributed by atoms with E-state index in [1.165, 1.54) is 0 Å². The summed E-state index contributed by atoms with van der Waals surface area (Å²) in [6.45, 7) is -3.94. The van der Waals surface area contributed by atoms with Crippen LogP contribution in [0.4, 0.5) is 0 Å². The minimum atomic E-state index is -3.94. The highest BCUT2D eigenvalue weighted by molar-refractivity contribution is 8.43. The highest BCUT2D eigenvalue weighted by atomic mass is 32.7. The van der Waals surface area contributed by atoms with E-state index in [9.17, 15) is 4.57 Å². The van der Waals surface area contributed by atoms with Gasteiger partial charge >= 0.3 is 6.80 Å². The van der Waals surface area contributed by atoms with Crippen LogP contribution in [0.3, 0.4) is 0 Å². The monoisotopic (exact) mass is 131 g/mol. The largest absolute Gasteiger partial charge is 0.380 e. The van der Waals surface area contributed by atoms with Gasteiger partial charge < -0.3 is 15.9 Å². The third-order valence-electron chi connectivity index (χ3n) is 0. The molecule has 6 heavy (non-hydrogen) atoms. The Bertz CT molecular complexity index is 56.9. The summed E-state index contributed by atoms with van der Waals surface area (Å²) in [5, 5.41) is 0. The van der Waals surface area contributed by atoms with E-state index in [-0.39, 0.29) is 6.15 Å². The molecule has 0 fully saturated rings. The van der Waals surface area contributed by atoms with Gasteiger partial charge in [0, 0.05) is 0 Å². The molecule has 40 valence electrons. The molecule has 0 aliphatic rings. The summed E-state index contributed by atoms with van der Waals surface area (Å²) in [5.74, 6) is 0. The first-order chi connectivity index (χ1) is 2.00. The zero-order valence-corrected chi connectivity index (χ0v) is 4.69. The molecule has 0 bridgehead atoms. The summed E-state index contributed by atoms with van der Waals surface area (Å²) >= 11 is 2.79. The lowest BCUT2D eigenvalue weighted by Gasteiger charge is -1.82. The van der Waals surface area contributed by atoms with Gasteiger partial charge in [0.2, 0.25) is 0 Å². The third-order valence-corrected chi connectivity index (χ3v) is 0. The van der Waals surface area contributed by atoms with Crippen LogP contribution in [0.1, 0.15) is 0 Å². The minimum Gasteiger partial charge on any atom is -0.344 e. The minimum absolute atomic E-state index is 0. The van der Waals surface area contributed by atoms with E-state index < -0.39 is 6.80 Å². The SMILES string of the molecule is N.O=P(O)(O)S. The van der Waals surface area contributed by atoms with Crippen LogP contribution in [-0.2, 0) is 4.57 Å². The molecular formula is H6NO3PS. The summed E-state index contributed by atoms with van der Waals surface area (Å²) < 4.78 is 9.19. The maximum absolute atomic E-state index is 9.19. The first kappa shape index (κ1) is 9.68. The molecule has 0 rings (SSSR count). The molecule has 5 N–H and O–H groups in total. The van der Waals surface area contributed by atoms with Crippen molar-refractivity contribution in [3.63, 3.8) is 0 Å². The summed E-state index contributed by atoms with van der Waals surface area (Å²) in [6, 6.07) is 0. The molecule has 0 aliphatic heterocycles. The van der Waals surface area contributed by atoms with Crippen LogP contribution in [0.2, 0.25) is 0 Å².